The molecular weight excluding hydrogens is 665 g/mol. The average molecular weight is 701 g/mol. The summed E-state index contributed by atoms with van der Waals surface area (Å²) in [7, 11) is 0. The molecule has 0 fully saturated rings. The maximum absolute atomic E-state index is 5.10. The number of hydrogen-bond acceptors (Lipinski definition) is 2. The van der Waals surface area contributed by atoms with Crippen LogP contribution in [0.15, 0.2) is 218 Å². The molecule has 0 N–H and O–H groups in total. The predicted molar refractivity (Wildman–Crippen MR) is 227 cm³/mol. The second kappa shape index (κ2) is 13.7. The number of benzene rings is 8. The first-order chi connectivity index (χ1) is 27.3. The Hall–Kier alpha value is -7.16. The van der Waals surface area contributed by atoms with Crippen molar-refractivity contribution in [2.45, 2.75) is 5.41 Å². The van der Waals surface area contributed by atoms with Gasteiger partial charge in [-0.25, -0.2) is 9.97 Å². The maximum Gasteiger partial charge on any atom is 0.160 e. The lowest BCUT2D eigenvalue weighted by atomic mass is 9.67. The summed E-state index contributed by atoms with van der Waals surface area (Å²) in [5, 5.41) is 0. The number of fused-ring (bicyclic) bond motifs is 3. The number of hydrogen-bond donors (Lipinski definition) is 0. The highest BCUT2D eigenvalue weighted by Crippen LogP contribution is 2.56. The second-order valence-electron chi connectivity index (χ2n) is 14.1. The highest BCUT2D eigenvalue weighted by Gasteiger charge is 2.45. The SMILES string of the molecule is c1ccc(-c2cc(-c3ccccc3)nc(-c3cccc(-c4cccc(-c5ccc6c(c5)-c5ccccc5C6(c5ccccc5)c5ccccc5)c4)c3)n2)cc1. The van der Waals surface area contributed by atoms with Gasteiger partial charge in [-0.3, -0.25) is 0 Å². The van der Waals surface area contributed by atoms with Gasteiger partial charge in [-0.2, -0.15) is 0 Å². The fourth-order valence-corrected chi connectivity index (χ4v) is 8.43. The first kappa shape index (κ1) is 32.5. The van der Waals surface area contributed by atoms with Gasteiger partial charge in [-0.1, -0.05) is 194 Å². The molecule has 2 heteroatoms. The van der Waals surface area contributed by atoms with E-state index in [1.54, 1.807) is 0 Å². The maximum atomic E-state index is 5.10. The van der Waals surface area contributed by atoms with Crippen molar-refractivity contribution in [2.75, 3.05) is 0 Å². The highest BCUT2D eigenvalue weighted by molar-refractivity contribution is 5.89. The summed E-state index contributed by atoms with van der Waals surface area (Å²) < 4.78 is 0. The molecule has 1 aliphatic carbocycles. The predicted octanol–water partition coefficient (Wildman–Crippen LogP) is 13.2. The molecule has 9 aromatic rings. The fraction of sp³-hybridized carbons (Fsp3) is 0.0189. The Kier molecular flexibility index (Phi) is 8.08. The van der Waals surface area contributed by atoms with Crippen molar-refractivity contribution in [1.82, 2.24) is 9.97 Å². The van der Waals surface area contributed by atoms with Gasteiger partial charge in [0, 0.05) is 16.7 Å². The molecule has 0 saturated carbocycles. The van der Waals surface area contributed by atoms with E-state index in [-0.39, 0.29) is 0 Å². The molecule has 10 rings (SSSR count). The van der Waals surface area contributed by atoms with Gasteiger partial charge in [0.25, 0.3) is 0 Å². The van der Waals surface area contributed by atoms with Gasteiger partial charge in [0.05, 0.1) is 16.8 Å². The lowest BCUT2D eigenvalue weighted by molar-refractivity contribution is 0.768. The lowest BCUT2D eigenvalue weighted by Gasteiger charge is -2.33. The standard InChI is InChI=1S/C53H36N2/c1-5-17-37(18-6-1)50-36-51(38-19-7-2-8-20-38)55-52(54-50)43-24-16-23-41(34-43)39-21-15-22-40(33-39)42-31-32-49-47(35-42)46-29-13-14-30-48(46)53(49,44-25-9-3-10-26-44)45-27-11-4-12-28-45/h1-36H. The monoisotopic (exact) mass is 700 g/mol. The normalized spacial score (nSPS) is 12.5. The van der Waals surface area contributed by atoms with Crippen molar-refractivity contribution >= 4 is 0 Å². The van der Waals surface area contributed by atoms with E-state index >= 15 is 0 Å². The number of rotatable bonds is 7. The number of nitrogens with zero attached hydrogens (tertiary/aromatic N) is 2. The third-order valence-corrected chi connectivity index (χ3v) is 11.0. The van der Waals surface area contributed by atoms with Crippen LogP contribution in [0.4, 0.5) is 0 Å². The van der Waals surface area contributed by atoms with Crippen molar-refractivity contribution in [1.29, 1.82) is 0 Å². The van der Waals surface area contributed by atoms with E-state index < -0.39 is 5.41 Å². The van der Waals surface area contributed by atoms with E-state index in [4.69, 9.17) is 9.97 Å². The summed E-state index contributed by atoms with van der Waals surface area (Å²) in [6.07, 6.45) is 0. The Bertz CT molecular complexity index is 2700. The van der Waals surface area contributed by atoms with Crippen molar-refractivity contribution < 1.29 is 0 Å². The summed E-state index contributed by atoms with van der Waals surface area (Å²) in [6, 6.07) is 78.2. The Morgan fingerprint density at radius 3 is 1.25 bits per heavy atom. The summed E-state index contributed by atoms with van der Waals surface area (Å²) in [4.78, 5) is 10.2. The van der Waals surface area contributed by atoms with E-state index in [0.29, 0.717) is 5.82 Å². The van der Waals surface area contributed by atoms with Crippen LogP contribution in [-0.4, -0.2) is 9.97 Å². The minimum absolute atomic E-state index is 0.407. The molecule has 0 aliphatic heterocycles. The fourth-order valence-electron chi connectivity index (χ4n) is 8.43. The molecule has 2 nitrogen and oxygen atoms in total. The largest absolute Gasteiger partial charge is 0.228 e. The van der Waals surface area contributed by atoms with Crippen LogP contribution >= 0.6 is 0 Å². The molecule has 1 aliphatic rings. The molecular formula is C53H36N2. The molecule has 8 aromatic carbocycles. The van der Waals surface area contributed by atoms with Crippen LogP contribution in [-0.2, 0) is 5.41 Å². The third-order valence-electron chi connectivity index (χ3n) is 11.0. The lowest BCUT2D eigenvalue weighted by Crippen LogP contribution is -2.28. The first-order valence-corrected chi connectivity index (χ1v) is 18.8. The van der Waals surface area contributed by atoms with Gasteiger partial charge >= 0.3 is 0 Å². The Balaban J connectivity index is 1.06. The molecule has 258 valence electrons. The van der Waals surface area contributed by atoms with Gasteiger partial charge in [0.1, 0.15) is 0 Å². The van der Waals surface area contributed by atoms with Crippen LogP contribution in [0.25, 0.3) is 67.3 Å². The van der Waals surface area contributed by atoms with Crippen molar-refractivity contribution in [3.05, 3.63) is 241 Å². The molecule has 1 aromatic heterocycles. The molecule has 55 heavy (non-hydrogen) atoms. The van der Waals surface area contributed by atoms with Gasteiger partial charge < -0.3 is 0 Å². The van der Waals surface area contributed by atoms with E-state index in [0.717, 1.165) is 39.2 Å². The van der Waals surface area contributed by atoms with E-state index in [2.05, 4.69) is 206 Å². The second-order valence-corrected chi connectivity index (χ2v) is 14.1. The summed E-state index contributed by atoms with van der Waals surface area (Å²) in [6.45, 7) is 0. The zero-order valence-corrected chi connectivity index (χ0v) is 30.2. The molecule has 0 atom stereocenters. The van der Waals surface area contributed by atoms with Gasteiger partial charge in [0.15, 0.2) is 5.82 Å². The summed E-state index contributed by atoms with van der Waals surface area (Å²) >= 11 is 0. The van der Waals surface area contributed by atoms with E-state index in [1.807, 2.05) is 12.1 Å². The van der Waals surface area contributed by atoms with Crippen molar-refractivity contribution in [2.24, 2.45) is 0 Å². The first-order valence-electron chi connectivity index (χ1n) is 18.8. The molecule has 0 radical (unpaired) electrons. The van der Waals surface area contributed by atoms with Crippen LogP contribution in [0, 0.1) is 0 Å². The molecule has 0 bridgehead atoms. The smallest absolute Gasteiger partial charge is 0.160 e. The molecule has 0 saturated heterocycles. The zero-order valence-electron chi connectivity index (χ0n) is 30.2. The van der Waals surface area contributed by atoms with Crippen LogP contribution in [0.1, 0.15) is 22.3 Å². The third kappa shape index (κ3) is 5.67. The highest BCUT2D eigenvalue weighted by atomic mass is 14.9. The Labute approximate surface area is 322 Å². The topological polar surface area (TPSA) is 25.8 Å². The average Bonchev–Trinajstić information content (AvgIpc) is 3.58. The van der Waals surface area contributed by atoms with Crippen LogP contribution < -0.4 is 0 Å². The van der Waals surface area contributed by atoms with Crippen molar-refractivity contribution in [3.8, 4) is 67.3 Å². The van der Waals surface area contributed by atoms with E-state index in [9.17, 15) is 0 Å². The van der Waals surface area contributed by atoms with Crippen LogP contribution in [0.5, 0.6) is 0 Å². The quantitative estimate of drug-likeness (QED) is 0.165. The van der Waals surface area contributed by atoms with E-state index in [1.165, 1.54) is 44.5 Å². The zero-order chi connectivity index (χ0) is 36.6. The Morgan fingerprint density at radius 1 is 0.273 bits per heavy atom. The molecule has 1 heterocycles. The summed E-state index contributed by atoms with van der Waals surface area (Å²) in [5.41, 5.74) is 16.9. The van der Waals surface area contributed by atoms with Crippen LogP contribution in [0.2, 0.25) is 0 Å². The molecule has 0 amide bonds. The minimum atomic E-state index is -0.407. The molecule has 0 spiro atoms. The number of aromatic nitrogens is 2. The van der Waals surface area contributed by atoms with Gasteiger partial charge in [0.2, 0.25) is 0 Å². The Morgan fingerprint density at radius 2 is 0.691 bits per heavy atom. The molecule has 0 unspecified atom stereocenters. The minimum Gasteiger partial charge on any atom is -0.228 e. The summed E-state index contributed by atoms with van der Waals surface area (Å²) in [5.74, 6) is 0.704. The van der Waals surface area contributed by atoms with Gasteiger partial charge in [-0.15, -0.1) is 0 Å². The van der Waals surface area contributed by atoms with Crippen LogP contribution in [0.3, 0.4) is 0 Å². The van der Waals surface area contributed by atoms with Gasteiger partial charge in [-0.05, 0) is 79.9 Å². The van der Waals surface area contributed by atoms with Crippen molar-refractivity contribution in [3.63, 3.8) is 0 Å².